The number of thiophene rings is 1. The van der Waals surface area contributed by atoms with E-state index in [-0.39, 0.29) is 27.6 Å². The molecule has 33 heavy (non-hydrogen) atoms. The normalized spacial score (nSPS) is 15.6. The number of nitrogens with zero attached hydrogens (tertiary/aromatic N) is 2. The summed E-state index contributed by atoms with van der Waals surface area (Å²) in [7, 11) is 4.05. The fourth-order valence-electron chi connectivity index (χ4n) is 4.64. The van der Waals surface area contributed by atoms with Crippen LogP contribution in [-0.2, 0) is 6.42 Å². The standard InChI is InChI=1S/C26H31N3O2S2/c1-17-12-21(30)24(25(31)27-15-26(2,3)16-28(4)5)20-13-23(18-10-11-32-14-18)33-22-9-7-6-8-19(22)29(17)20/h6-12,14,23H,13,15-16H2,1-5H3,(H,27,31). The largest absolute Gasteiger partial charge is 0.351 e. The Labute approximate surface area is 203 Å². The van der Waals surface area contributed by atoms with Gasteiger partial charge in [-0.2, -0.15) is 11.3 Å². The topological polar surface area (TPSA) is 54.3 Å². The van der Waals surface area contributed by atoms with Gasteiger partial charge in [-0.15, -0.1) is 11.8 Å². The Balaban J connectivity index is 1.80. The third kappa shape index (κ3) is 5.10. The van der Waals surface area contributed by atoms with Gasteiger partial charge in [-0.1, -0.05) is 26.0 Å². The summed E-state index contributed by atoms with van der Waals surface area (Å²) in [5.41, 5.74) is 3.82. The van der Waals surface area contributed by atoms with Crippen LogP contribution in [0.4, 0.5) is 0 Å². The fraction of sp³-hybridized carbons (Fsp3) is 0.385. The van der Waals surface area contributed by atoms with E-state index in [0.29, 0.717) is 13.0 Å². The smallest absolute Gasteiger partial charge is 0.257 e. The highest BCUT2D eigenvalue weighted by Crippen LogP contribution is 2.44. The first-order valence-electron chi connectivity index (χ1n) is 11.1. The van der Waals surface area contributed by atoms with Gasteiger partial charge in [0.05, 0.1) is 5.69 Å². The van der Waals surface area contributed by atoms with E-state index in [9.17, 15) is 9.59 Å². The third-order valence-electron chi connectivity index (χ3n) is 5.87. The van der Waals surface area contributed by atoms with Crippen molar-refractivity contribution >= 4 is 29.0 Å². The first-order chi connectivity index (χ1) is 15.7. The zero-order valence-corrected chi connectivity index (χ0v) is 21.5. The predicted molar refractivity (Wildman–Crippen MR) is 138 cm³/mol. The molecule has 1 N–H and O–H groups in total. The summed E-state index contributed by atoms with van der Waals surface area (Å²) in [5.74, 6) is -0.288. The number of carbonyl (C=O) groups excluding carboxylic acids is 1. The summed E-state index contributed by atoms with van der Waals surface area (Å²) in [4.78, 5) is 29.9. The molecular weight excluding hydrogens is 450 g/mol. The molecule has 1 atom stereocenters. The molecule has 1 amide bonds. The number of fused-ring (bicyclic) bond motifs is 3. The molecule has 174 valence electrons. The lowest BCUT2D eigenvalue weighted by molar-refractivity contribution is 0.0926. The number of hydrogen-bond donors (Lipinski definition) is 1. The molecule has 1 aliphatic heterocycles. The average Bonchev–Trinajstić information content (AvgIpc) is 3.20. The van der Waals surface area contributed by atoms with Crippen LogP contribution in [0, 0.1) is 12.3 Å². The average molecular weight is 482 g/mol. The van der Waals surface area contributed by atoms with Gasteiger partial charge in [0.2, 0.25) is 0 Å². The molecule has 3 aromatic rings. The third-order valence-corrected chi connectivity index (χ3v) is 7.89. The van der Waals surface area contributed by atoms with Crippen molar-refractivity contribution in [1.29, 1.82) is 0 Å². The van der Waals surface area contributed by atoms with Crippen LogP contribution in [0.1, 0.15) is 46.4 Å². The van der Waals surface area contributed by atoms with Gasteiger partial charge in [0.1, 0.15) is 5.56 Å². The van der Waals surface area contributed by atoms with Crippen LogP contribution in [0.2, 0.25) is 0 Å². The lowest BCUT2D eigenvalue weighted by Crippen LogP contribution is -2.41. The Morgan fingerprint density at radius 1 is 1.24 bits per heavy atom. The number of rotatable bonds is 6. The molecule has 0 saturated heterocycles. The minimum Gasteiger partial charge on any atom is -0.351 e. The number of carbonyl (C=O) groups is 1. The van der Waals surface area contributed by atoms with Crippen molar-refractivity contribution in [1.82, 2.24) is 14.8 Å². The molecule has 0 spiro atoms. The van der Waals surface area contributed by atoms with Crippen LogP contribution in [0.3, 0.4) is 0 Å². The lowest BCUT2D eigenvalue weighted by atomic mass is 9.92. The number of nitrogens with one attached hydrogen (secondary N) is 1. The maximum atomic E-state index is 13.5. The van der Waals surface area contributed by atoms with Crippen LogP contribution in [0.15, 0.2) is 56.8 Å². The number of thioether (sulfide) groups is 1. The van der Waals surface area contributed by atoms with E-state index >= 15 is 0 Å². The maximum Gasteiger partial charge on any atom is 0.257 e. The van der Waals surface area contributed by atoms with Gasteiger partial charge in [0.15, 0.2) is 5.43 Å². The van der Waals surface area contributed by atoms with Crippen LogP contribution in [-0.4, -0.2) is 42.6 Å². The second-order valence-electron chi connectivity index (χ2n) is 9.73. The predicted octanol–water partition coefficient (Wildman–Crippen LogP) is 4.91. The van der Waals surface area contributed by atoms with E-state index in [1.165, 1.54) is 5.56 Å². The van der Waals surface area contributed by atoms with Crippen molar-refractivity contribution in [3.63, 3.8) is 0 Å². The molecule has 7 heteroatoms. The molecule has 3 heterocycles. The Morgan fingerprint density at radius 3 is 2.70 bits per heavy atom. The summed E-state index contributed by atoms with van der Waals surface area (Å²) < 4.78 is 2.11. The van der Waals surface area contributed by atoms with Gasteiger partial charge in [-0.05, 0) is 61.0 Å². The molecule has 0 bridgehead atoms. The van der Waals surface area contributed by atoms with Crippen molar-refractivity contribution in [2.45, 2.75) is 37.3 Å². The Kier molecular flexibility index (Phi) is 6.84. The van der Waals surface area contributed by atoms with E-state index in [4.69, 9.17) is 0 Å². The van der Waals surface area contributed by atoms with E-state index < -0.39 is 0 Å². The van der Waals surface area contributed by atoms with Gasteiger partial charge in [-0.3, -0.25) is 9.59 Å². The summed E-state index contributed by atoms with van der Waals surface area (Å²) in [6, 6.07) is 12.0. The van der Waals surface area contributed by atoms with E-state index in [2.05, 4.69) is 57.6 Å². The molecule has 1 aliphatic rings. The molecule has 0 fully saturated rings. The number of aromatic nitrogens is 1. The molecule has 2 aromatic heterocycles. The minimum absolute atomic E-state index is 0.112. The molecular formula is C26H31N3O2S2. The van der Waals surface area contributed by atoms with Crippen LogP contribution >= 0.6 is 23.1 Å². The Hall–Kier alpha value is -2.35. The van der Waals surface area contributed by atoms with Crippen molar-refractivity contribution in [2.75, 3.05) is 27.2 Å². The molecule has 0 aliphatic carbocycles. The van der Waals surface area contributed by atoms with Gasteiger partial charge in [-0.25, -0.2) is 0 Å². The number of hydrogen-bond acceptors (Lipinski definition) is 5. The second kappa shape index (κ2) is 9.49. The number of aryl methyl sites for hydroxylation is 1. The molecule has 0 radical (unpaired) electrons. The minimum atomic E-state index is -0.288. The maximum absolute atomic E-state index is 13.5. The fourth-order valence-corrected chi connectivity index (χ4v) is 6.71. The highest BCUT2D eigenvalue weighted by Gasteiger charge is 2.30. The van der Waals surface area contributed by atoms with Gasteiger partial charge in [0, 0.05) is 47.1 Å². The van der Waals surface area contributed by atoms with Gasteiger partial charge < -0.3 is 14.8 Å². The first kappa shape index (κ1) is 23.8. The summed E-state index contributed by atoms with van der Waals surface area (Å²) in [5, 5.41) is 7.43. The first-order valence-corrected chi connectivity index (χ1v) is 12.9. The monoisotopic (exact) mass is 481 g/mol. The SMILES string of the molecule is Cc1cc(=O)c(C(=O)NCC(C)(C)CN(C)C)c2n1-c1ccccc1SC(c1ccsc1)C2. The second-order valence-corrected chi connectivity index (χ2v) is 11.8. The Bertz CT molecular complexity index is 1210. The highest BCUT2D eigenvalue weighted by atomic mass is 32.2. The van der Waals surface area contributed by atoms with Crippen molar-refractivity contribution in [3.05, 3.63) is 79.9 Å². The van der Waals surface area contributed by atoms with Crippen molar-refractivity contribution in [2.24, 2.45) is 5.41 Å². The molecule has 0 saturated carbocycles. The molecule has 1 unspecified atom stereocenters. The van der Waals surface area contributed by atoms with E-state index in [0.717, 1.165) is 28.5 Å². The molecule has 5 nitrogen and oxygen atoms in total. The summed E-state index contributed by atoms with van der Waals surface area (Å²) >= 11 is 3.47. The number of benzene rings is 1. The zero-order valence-electron chi connectivity index (χ0n) is 19.8. The molecule has 1 aromatic carbocycles. The Morgan fingerprint density at radius 2 is 2.00 bits per heavy atom. The van der Waals surface area contributed by atoms with Crippen LogP contribution in [0.5, 0.6) is 0 Å². The number of pyridine rings is 1. The van der Waals surface area contributed by atoms with Gasteiger partial charge in [0.25, 0.3) is 5.91 Å². The van der Waals surface area contributed by atoms with Gasteiger partial charge >= 0.3 is 0 Å². The summed E-state index contributed by atoms with van der Waals surface area (Å²) in [6.45, 7) is 7.52. The van der Waals surface area contributed by atoms with Crippen molar-refractivity contribution in [3.8, 4) is 5.69 Å². The number of para-hydroxylation sites is 1. The van der Waals surface area contributed by atoms with Crippen LogP contribution < -0.4 is 10.7 Å². The van der Waals surface area contributed by atoms with E-state index in [1.54, 1.807) is 29.2 Å². The van der Waals surface area contributed by atoms with Crippen molar-refractivity contribution < 1.29 is 4.79 Å². The highest BCUT2D eigenvalue weighted by molar-refractivity contribution is 7.99. The molecule has 4 rings (SSSR count). The zero-order chi connectivity index (χ0) is 23.8. The number of amides is 1. The lowest BCUT2D eigenvalue weighted by Gasteiger charge is -2.28. The quantitative estimate of drug-likeness (QED) is 0.543. The van der Waals surface area contributed by atoms with E-state index in [1.807, 2.05) is 33.2 Å². The summed E-state index contributed by atoms with van der Waals surface area (Å²) in [6.07, 6.45) is 0.608. The van der Waals surface area contributed by atoms with Crippen LogP contribution in [0.25, 0.3) is 5.69 Å².